The number of hydrogen-bond acceptors (Lipinski definition) is 0. The summed E-state index contributed by atoms with van der Waals surface area (Å²) in [5.74, 6) is 28.8. The second-order valence-electron chi connectivity index (χ2n) is 26.6. The first-order valence-corrected chi connectivity index (χ1v) is 58.2. The molecule has 4 aromatic heterocycles. The summed E-state index contributed by atoms with van der Waals surface area (Å²) in [6.07, 6.45) is 9.06. The standard InChI is InChI=1S/C23H28GeN.C18H26GeN.C17H24GeN.C16H22GeN/c1-17-14-18(2)22(15-21(17)19-10-8-7-9-11-19)23-13-12-20(16-25(23)6)24(3,4)5;1-13-8-9-16(14(2)10-13)18-11-15(3)17(12-20(18)7)19(4,5)6;1-13-7-9-16(14(2)11-13)17-10-8-15(12-19(17)6)18(3,4)5;1-13-8-6-7-9-15(13)16-11-10-14(12-18(16)5)17(2,3)4/h7-16H,1-6H3;8-12H,1-7H3;7-12H,1-6H3;6-12H,1-5H3/q4*+1/i3*1D3;. The average molecular weight is 1350 g/mol. The van der Waals surface area contributed by atoms with Gasteiger partial charge in [-0.3, -0.25) is 0 Å². The van der Waals surface area contributed by atoms with Crippen LogP contribution in [0.4, 0.5) is 0 Å². The van der Waals surface area contributed by atoms with Crippen LogP contribution in [0.1, 0.15) is 56.8 Å². The Morgan fingerprint density at radius 3 is 1.10 bits per heavy atom. The summed E-state index contributed by atoms with van der Waals surface area (Å²) >= 11 is -7.36. The predicted octanol–water partition coefficient (Wildman–Crippen LogP) is 15.0. The topological polar surface area (TPSA) is 15.5 Å². The van der Waals surface area contributed by atoms with Crippen LogP contribution >= 0.6 is 0 Å². The van der Waals surface area contributed by atoms with E-state index in [4.69, 9.17) is 12.3 Å². The first-order chi connectivity index (χ1) is 41.8. The van der Waals surface area contributed by atoms with Gasteiger partial charge >= 0.3 is 525 Å². The zero-order valence-electron chi connectivity index (χ0n) is 62.5. The van der Waals surface area contributed by atoms with Gasteiger partial charge in [-0.15, -0.1) is 0 Å². The van der Waals surface area contributed by atoms with E-state index < -0.39 is 73.6 Å². The molecule has 0 amide bonds. The van der Waals surface area contributed by atoms with Gasteiger partial charge in [0.2, 0.25) is 0 Å². The van der Waals surface area contributed by atoms with Crippen LogP contribution in [-0.4, -0.2) is 53.1 Å². The van der Waals surface area contributed by atoms with Crippen LogP contribution in [0.25, 0.3) is 56.2 Å². The van der Waals surface area contributed by atoms with Gasteiger partial charge in [0.05, 0.1) is 0 Å². The Hall–Kier alpha value is -5.13. The molecule has 428 valence electrons. The molecule has 82 heavy (non-hydrogen) atoms. The Morgan fingerprint density at radius 1 is 0.293 bits per heavy atom. The van der Waals surface area contributed by atoms with Crippen LogP contribution in [0.3, 0.4) is 0 Å². The molecule has 0 unspecified atom stereocenters. The van der Waals surface area contributed by atoms with Gasteiger partial charge in [-0.1, -0.05) is 0 Å². The zero-order valence-corrected chi connectivity index (χ0v) is 61.8. The number of aromatic nitrogens is 4. The molecule has 9 aromatic rings. The van der Waals surface area contributed by atoms with Gasteiger partial charge in [0, 0.05) is 0 Å². The van der Waals surface area contributed by atoms with Crippen molar-refractivity contribution in [3.8, 4) is 56.2 Å². The molecule has 0 spiro atoms. The fourth-order valence-corrected chi connectivity index (χ4v) is 21.6. The SMILES string of the molecule is Cc1ccccc1-c1cc[c]([Ge]([CH3])([CH3])[CH3])c[n+]1C.[2H]C([2H])([2H])c1cc(C)c(-c2cc[c]([Ge]([CH3])([CH3])[CH3])c[n+]2C)cc1-c1ccccc1.[2H]C([2H])([2H])c1ccc(-c2cc(C)[c]([Ge]([CH3])([CH3])[CH3])c[n+]2C)c(C)c1.[2H]C([2H])([2H])c1ccc(-c2cc[c]([Ge]([CH3])([CH3])[CH3])c[n+]2C)c(C)c1. The predicted molar refractivity (Wildman–Crippen MR) is 367 cm³/mol. The summed E-state index contributed by atoms with van der Waals surface area (Å²) in [5, 5.41) is 0. The molecule has 4 heterocycles. The van der Waals surface area contributed by atoms with Crippen LogP contribution in [0.5, 0.6) is 0 Å². The van der Waals surface area contributed by atoms with Gasteiger partial charge < -0.3 is 0 Å². The van der Waals surface area contributed by atoms with E-state index in [2.05, 4.69) is 221 Å². The third-order valence-corrected chi connectivity index (χ3v) is 32.7. The summed E-state index contributed by atoms with van der Waals surface area (Å²) in [4.78, 5) is 0. The molecule has 0 fully saturated rings. The van der Waals surface area contributed by atoms with Crippen molar-refractivity contribution in [1.29, 1.82) is 0 Å². The quantitative estimate of drug-likeness (QED) is 0.101. The Kier molecular flexibility index (Phi) is 17.8. The molecule has 0 atom stereocenters. The second-order valence-corrected chi connectivity index (χ2v) is 69.1. The summed E-state index contributed by atoms with van der Waals surface area (Å²) in [5.41, 5.74) is 17.8. The first kappa shape index (κ1) is 53.6. The summed E-state index contributed by atoms with van der Waals surface area (Å²) in [7, 11) is 8.36. The van der Waals surface area contributed by atoms with E-state index in [9.17, 15) is 0 Å². The number of hydrogen-bond donors (Lipinski definition) is 0. The third kappa shape index (κ3) is 17.0. The van der Waals surface area contributed by atoms with E-state index in [1.165, 1.54) is 35.6 Å². The van der Waals surface area contributed by atoms with E-state index in [-0.39, 0.29) is 0 Å². The second kappa shape index (κ2) is 27.3. The maximum absolute atomic E-state index is 8.01. The van der Waals surface area contributed by atoms with Gasteiger partial charge in [0.15, 0.2) is 0 Å². The minimum absolute atomic E-state index is 0.401. The molecule has 8 heteroatoms. The van der Waals surface area contributed by atoms with Crippen molar-refractivity contribution in [1.82, 2.24) is 0 Å². The van der Waals surface area contributed by atoms with Gasteiger partial charge in [-0.25, -0.2) is 0 Å². The fourth-order valence-electron chi connectivity index (χ4n) is 10.4. The molecule has 5 aromatic carbocycles. The normalized spacial score (nSPS) is 13.7. The van der Waals surface area contributed by atoms with Gasteiger partial charge in [0.25, 0.3) is 0 Å². The van der Waals surface area contributed by atoms with Crippen molar-refractivity contribution in [3.05, 3.63) is 215 Å². The Balaban J connectivity index is 0.000000195. The van der Waals surface area contributed by atoms with Crippen molar-refractivity contribution in [2.24, 2.45) is 28.2 Å². The molecule has 0 saturated heterocycles. The molecular weight excluding hydrogens is 1240 g/mol. The maximum atomic E-state index is 8.01. The van der Waals surface area contributed by atoms with Crippen LogP contribution in [0.15, 0.2) is 170 Å². The van der Waals surface area contributed by atoms with Crippen LogP contribution in [0.2, 0.25) is 69.1 Å². The van der Waals surface area contributed by atoms with E-state index in [1.807, 2.05) is 75.4 Å². The summed E-state index contributed by atoms with van der Waals surface area (Å²) in [6, 6.07) is 48.7. The summed E-state index contributed by atoms with van der Waals surface area (Å²) in [6.45, 7) is 4.05. The van der Waals surface area contributed by atoms with Gasteiger partial charge in [0.1, 0.15) is 0 Å². The van der Waals surface area contributed by atoms with Gasteiger partial charge in [-0.2, -0.15) is 0 Å². The Bertz CT molecular complexity index is 3990. The molecule has 0 N–H and O–H groups in total. The number of benzene rings is 5. The number of rotatable bonds is 9. The van der Waals surface area contributed by atoms with E-state index in [0.29, 0.717) is 16.7 Å². The van der Waals surface area contributed by atoms with Crippen LogP contribution in [0, 0.1) is 55.2 Å². The van der Waals surface area contributed by atoms with Crippen molar-refractivity contribution in [2.45, 2.75) is 124 Å². The molecule has 0 aliphatic carbocycles. The number of nitrogens with zero attached hydrogens (tertiary/aromatic N) is 4. The molecule has 0 bridgehead atoms. The molecule has 4 nitrogen and oxygen atoms in total. The van der Waals surface area contributed by atoms with Crippen LogP contribution < -0.4 is 35.9 Å². The van der Waals surface area contributed by atoms with Crippen molar-refractivity contribution < 1.29 is 30.6 Å². The molecule has 0 aliphatic rings. The monoisotopic (exact) mass is 1350 g/mol. The number of aryl methyl sites for hydroxylation is 12. The molecule has 0 radical (unpaired) electrons. The average Bonchev–Trinajstić information content (AvgIpc) is 0.799. The van der Waals surface area contributed by atoms with E-state index >= 15 is 0 Å². The first-order valence-electron chi connectivity index (χ1n) is 33.3. The van der Waals surface area contributed by atoms with E-state index in [1.54, 1.807) is 28.7 Å². The Labute approximate surface area is 520 Å². The molecule has 0 aliphatic heterocycles. The number of pyridine rings is 4. The van der Waals surface area contributed by atoms with Gasteiger partial charge in [-0.05, 0) is 0 Å². The Morgan fingerprint density at radius 2 is 0.695 bits per heavy atom. The van der Waals surface area contributed by atoms with Crippen molar-refractivity contribution in [3.63, 3.8) is 0 Å². The molecule has 0 saturated carbocycles. The molecule has 9 rings (SSSR count). The molecular formula is C74H100Ge4N4+4. The minimum atomic E-state index is -2.15. The zero-order chi connectivity index (χ0) is 68.3. The van der Waals surface area contributed by atoms with Crippen molar-refractivity contribution in [2.75, 3.05) is 0 Å². The van der Waals surface area contributed by atoms with E-state index in [0.717, 1.165) is 61.6 Å². The van der Waals surface area contributed by atoms with Crippen LogP contribution in [-0.2, 0) is 28.2 Å². The third-order valence-electron chi connectivity index (χ3n) is 15.4. The summed E-state index contributed by atoms with van der Waals surface area (Å²) < 4.78 is 84.0. The van der Waals surface area contributed by atoms with Crippen molar-refractivity contribution >= 4 is 70.6 Å². The fraction of sp³-hybridized carbons (Fsp3) is 0.324.